The Morgan fingerprint density at radius 1 is 1.18 bits per heavy atom. The molecule has 0 spiro atoms. The third kappa shape index (κ3) is 4.96. The first-order valence-electron chi connectivity index (χ1n) is 8.06. The van der Waals surface area contributed by atoms with Gasteiger partial charge in [0.1, 0.15) is 11.9 Å². The molecule has 2 rings (SSSR count). The van der Waals surface area contributed by atoms with Crippen molar-refractivity contribution in [2.24, 2.45) is 0 Å². The molecule has 0 saturated carbocycles. The summed E-state index contributed by atoms with van der Waals surface area (Å²) < 4.78 is 30.9. The van der Waals surface area contributed by atoms with Gasteiger partial charge in [-0.1, -0.05) is 12.1 Å². The average molecular weight is 471 g/mol. The standard InChI is InChI=1S/C18H19BrN2O6S/c1-11(22)18(24)27-15-7-5-4-6-13(15)17(23)20-12-8-9-16(14(19)10-12)28(25,26)21(2)3/h4-11,22H,1-3H3,(H,20,23)/t11-/m1/s1. The first-order valence-corrected chi connectivity index (χ1v) is 10.3. The highest BCUT2D eigenvalue weighted by molar-refractivity contribution is 9.10. The summed E-state index contributed by atoms with van der Waals surface area (Å²) in [5.74, 6) is -1.46. The van der Waals surface area contributed by atoms with Crippen molar-refractivity contribution in [3.8, 4) is 5.75 Å². The Hall–Kier alpha value is -2.27. The number of hydrogen-bond acceptors (Lipinski definition) is 6. The highest BCUT2D eigenvalue weighted by atomic mass is 79.9. The van der Waals surface area contributed by atoms with Crippen LogP contribution in [0, 0.1) is 0 Å². The van der Waals surface area contributed by atoms with Crippen LogP contribution in [0.4, 0.5) is 5.69 Å². The minimum atomic E-state index is -3.64. The molecule has 2 N–H and O–H groups in total. The SMILES string of the molecule is C[C@@H](O)C(=O)Oc1ccccc1C(=O)Nc1ccc(S(=O)(=O)N(C)C)c(Br)c1. The van der Waals surface area contributed by atoms with Crippen LogP contribution in [-0.2, 0) is 14.8 Å². The van der Waals surface area contributed by atoms with Crippen molar-refractivity contribution < 1.29 is 27.9 Å². The number of rotatable bonds is 6. The molecule has 0 fully saturated rings. The van der Waals surface area contributed by atoms with Crippen molar-refractivity contribution in [3.05, 3.63) is 52.5 Å². The van der Waals surface area contributed by atoms with E-state index in [1.807, 2.05) is 0 Å². The minimum Gasteiger partial charge on any atom is -0.424 e. The van der Waals surface area contributed by atoms with Crippen LogP contribution in [0.15, 0.2) is 51.8 Å². The number of benzene rings is 2. The second-order valence-electron chi connectivity index (χ2n) is 5.98. The van der Waals surface area contributed by atoms with Crippen LogP contribution >= 0.6 is 15.9 Å². The molecule has 1 amide bonds. The molecule has 0 heterocycles. The Kier molecular flexibility index (Phi) is 6.94. The number of aliphatic hydroxyl groups excluding tert-OH is 1. The predicted molar refractivity (Wildman–Crippen MR) is 107 cm³/mol. The van der Waals surface area contributed by atoms with Crippen LogP contribution in [0.1, 0.15) is 17.3 Å². The van der Waals surface area contributed by atoms with Crippen molar-refractivity contribution in [1.29, 1.82) is 0 Å². The van der Waals surface area contributed by atoms with Gasteiger partial charge in [-0.05, 0) is 53.2 Å². The van der Waals surface area contributed by atoms with Gasteiger partial charge in [-0.3, -0.25) is 4.79 Å². The zero-order valence-corrected chi connectivity index (χ0v) is 17.7. The lowest BCUT2D eigenvalue weighted by molar-refractivity contribution is -0.142. The Balaban J connectivity index is 2.27. The maximum absolute atomic E-state index is 12.6. The number of anilines is 1. The molecular formula is C18H19BrN2O6S. The number of sulfonamides is 1. The van der Waals surface area contributed by atoms with Crippen molar-refractivity contribution in [2.75, 3.05) is 19.4 Å². The molecule has 1 atom stereocenters. The minimum absolute atomic E-state index is 0.00299. The molecule has 0 aliphatic rings. The Morgan fingerprint density at radius 2 is 1.82 bits per heavy atom. The molecular weight excluding hydrogens is 452 g/mol. The van der Waals surface area contributed by atoms with Gasteiger partial charge >= 0.3 is 5.97 Å². The number of carbonyl (C=O) groups excluding carboxylic acids is 2. The molecule has 0 radical (unpaired) electrons. The van der Waals surface area contributed by atoms with Gasteiger partial charge < -0.3 is 15.2 Å². The zero-order valence-electron chi connectivity index (χ0n) is 15.3. The zero-order chi connectivity index (χ0) is 21.1. The van der Waals surface area contributed by atoms with Crippen molar-refractivity contribution in [3.63, 3.8) is 0 Å². The molecule has 2 aromatic carbocycles. The van der Waals surface area contributed by atoms with Gasteiger partial charge in [0.25, 0.3) is 5.91 Å². The topological polar surface area (TPSA) is 113 Å². The number of para-hydroxylation sites is 1. The Labute approximate surface area is 171 Å². The summed E-state index contributed by atoms with van der Waals surface area (Å²) in [4.78, 5) is 24.2. The van der Waals surface area contributed by atoms with Crippen molar-refractivity contribution in [2.45, 2.75) is 17.9 Å². The van der Waals surface area contributed by atoms with E-state index in [-0.39, 0.29) is 20.7 Å². The molecule has 0 aliphatic carbocycles. The molecule has 8 nitrogen and oxygen atoms in total. The molecule has 0 bridgehead atoms. The highest BCUT2D eigenvalue weighted by Gasteiger charge is 2.22. The molecule has 0 unspecified atom stereocenters. The van der Waals surface area contributed by atoms with Gasteiger partial charge in [-0.2, -0.15) is 0 Å². The smallest absolute Gasteiger partial charge is 0.340 e. The van der Waals surface area contributed by atoms with E-state index < -0.39 is 28.0 Å². The number of amides is 1. The summed E-state index contributed by atoms with van der Waals surface area (Å²) in [6, 6.07) is 10.3. The lowest BCUT2D eigenvalue weighted by Crippen LogP contribution is -2.24. The Bertz CT molecular complexity index is 1000. The molecule has 28 heavy (non-hydrogen) atoms. The van der Waals surface area contributed by atoms with E-state index in [0.29, 0.717) is 5.69 Å². The van der Waals surface area contributed by atoms with E-state index in [0.717, 1.165) is 4.31 Å². The van der Waals surface area contributed by atoms with Crippen LogP contribution in [0.5, 0.6) is 5.75 Å². The number of esters is 1. The van der Waals surface area contributed by atoms with Gasteiger partial charge in [0.05, 0.1) is 10.5 Å². The molecule has 0 saturated heterocycles. The molecule has 0 aromatic heterocycles. The van der Waals surface area contributed by atoms with Crippen LogP contribution < -0.4 is 10.1 Å². The quantitative estimate of drug-likeness (QED) is 0.494. The fourth-order valence-corrected chi connectivity index (χ4v) is 4.05. The number of halogens is 1. The number of aliphatic hydroxyl groups is 1. The maximum atomic E-state index is 12.6. The first-order chi connectivity index (χ1) is 13.0. The largest absolute Gasteiger partial charge is 0.424 e. The van der Waals surface area contributed by atoms with Gasteiger partial charge in [0, 0.05) is 24.3 Å². The molecule has 10 heteroatoms. The molecule has 150 valence electrons. The van der Waals surface area contributed by atoms with Gasteiger partial charge in [-0.15, -0.1) is 0 Å². The predicted octanol–water partition coefficient (Wildman–Crippen LogP) is 2.24. The van der Waals surface area contributed by atoms with Crippen LogP contribution in [0.2, 0.25) is 0 Å². The second-order valence-corrected chi connectivity index (χ2v) is 8.95. The van der Waals surface area contributed by atoms with E-state index in [4.69, 9.17) is 4.74 Å². The van der Waals surface area contributed by atoms with E-state index in [1.165, 1.54) is 51.4 Å². The first kappa shape index (κ1) is 22.0. The van der Waals surface area contributed by atoms with Gasteiger partial charge in [0.2, 0.25) is 10.0 Å². The summed E-state index contributed by atoms with van der Waals surface area (Å²) in [6.07, 6.45) is -1.33. The normalized spacial score (nSPS) is 12.5. The Morgan fingerprint density at radius 3 is 2.39 bits per heavy atom. The fraction of sp³-hybridized carbons (Fsp3) is 0.222. The maximum Gasteiger partial charge on any atom is 0.340 e. The van der Waals surface area contributed by atoms with E-state index in [2.05, 4.69) is 21.2 Å². The fourth-order valence-electron chi connectivity index (χ4n) is 2.12. The number of nitrogens with zero attached hydrogens (tertiary/aromatic N) is 1. The number of ether oxygens (including phenoxy) is 1. The monoisotopic (exact) mass is 470 g/mol. The van der Waals surface area contributed by atoms with Crippen molar-refractivity contribution >= 4 is 43.5 Å². The van der Waals surface area contributed by atoms with E-state index in [1.54, 1.807) is 12.1 Å². The van der Waals surface area contributed by atoms with E-state index in [9.17, 15) is 23.1 Å². The van der Waals surface area contributed by atoms with Crippen LogP contribution in [-0.4, -0.2) is 49.9 Å². The molecule has 0 aliphatic heterocycles. The second kappa shape index (κ2) is 8.82. The number of carbonyl (C=O) groups is 2. The van der Waals surface area contributed by atoms with Crippen molar-refractivity contribution in [1.82, 2.24) is 4.31 Å². The highest BCUT2D eigenvalue weighted by Crippen LogP contribution is 2.28. The third-order valence-corrected chi connectivity index (χ3v) is 6.42. The van der Waals surface area contributed by atoms with E-state index >= 15 is 0 Å². The number of hydrogen-bond donors (Lipinski definition) is 2. The third-order valence-electron chi connectivity index (χ3n) is 3.63. The average Bonchev–Trinajstić information content (AvgIpc) is 2.61. The summed E-state index contributed by atoms with van der Waals surface area (Å²) in [7, 11) is -0.802. The van der Waals surface area contributed by atoms with Gasteiger partial charge in [0.15, 0.2) is 0 Å². The van der Waals surface area contributed by atoms with Crippen LogP contribution in [0.3, 0.4) is 0 Å². The summed E-state index contributed by atoms with van der Waals surface area (Å²) in [5.41, 5.74) is 0.420. The summed E-state index contributed by atoms with van der Waals surface area (Å²) in [5, 5.41) is 11.9. The lowest BCUT2D eigenvalue weighted by Gasteiger charge is -2.14. The summed E-state index contributed by atoms with van der Waals surface area (Å²) in [6.45, 7) is 1.26. The molecule has 2 aromatic rings. The lowest BCUT2D eigenvalue weighted by atomic mass is 10.2. The summed E-state index contributed by atoms with van der Waals surface area (Å²) >= 11 is 3.21. The number of nitrogens with one attached hydrogen (secondary N) is 1. The van der Waals surface area contributed by atoms with Crippen LogP contribution in [0.25, 0.3) is 0 Å². The van der Waals surface area contributed by atoms with Gasteiger partial charge in [-0.25, -0.2) is 17.5 Å².